The van der Waals surface area contributed by atoms with Gasteiger partial charge in [-0.05, 0) is 0 Å². The lowest BCUT2D eigenvalue weighted by molar-refractivity contribution is -0.109. The van der Waals surface area contributed by atoms with E-state index in [1.54, 1.807) is 5.01 Å². The number of carbonyl (C=O) groups is 1. The number of carbonyl (C=O) groups excluding carboxylic acids is 1. The third-order valence-electron chi connectivity index (χ3n) is 1.69. The molecule has 11 heavy (non-hydrogen) atoms. The van der Waals surface area contributed by atoms with E-state index in [4.69, 9.17) is 0 Å². The highest BCUT2D eigenvalue weighted by Gasteiger charge is 2.19. The maximum atomic E-state index is 10.0. The van der Waals surface area contributed by atoms with Gasteiger partial charge in [0.15, 0.2) is 0 Å². The first-order chi connectivity index (χ1) is 5.25. The monoisotopic (exact) mass is 153 g/mol. The molecule has 60 valence electrons. The Hall–Kier alpha value is -1.32. The number of amides is 1. The fourth-order valence-electron chi connectivity index (χ4n) is 1.05. The third kappa shape index (κ3) is 1.58. The van der Waals surface area contributed by atoms with Crippen molar-refractivity contribution < 1.29 is 4.79 Å². The predicted molar refractivity (Wildman–Crippen MR) is 43.0 cm³/mol. The highest BCUT2D eigenvalue weighted by Crippen LogP contribution is 2.12. The Morgan fingerprint density at radius 3 is 3.18 bits per heavy atom. The lowest BCUT2D eigenvalue weighted by atomic mass is 10.2. The second kappa shape index (κ2) is 3.18. The van der Waals surface area contributed by atoms with Gasteiger partial charge >= 0.3 is 0 Å². The molecule has 0 saturated heterocycles. The Morgan fingerprint density at radius 2 is 2.73 bits per heavy atom. The number of rotatable bonds is 3. The molecule has 0 saturated carbocycles. The van der Waals surface area contributed by atoms with Crippen LogP contribution in [0.15, 0.2) is 17.4 Å². The van der Waals surface area contributed by atoms with Crippen LogP contribution < -0.4 is 5.32 Å². The molecule has 1 atom stereocenters. The quantitative estimate of drug-likeness (QED) is 0.577. The zero-order chi connectivity index (χ0) is 8.27. The molecule has 0 aliphatic carbocycles. The van der Waals surface area contributed by atoms with Gasteiger partial charge in [-0.3, -0.25) is 9.80 Å². The van der Waals surface area contributed by atoms with Gasteiger partial charge in [0.1, 0.15) is 0 Å². The molecular formula is C7H11N3O. The van der Waals surface area contributed by atoms with Crippen molar-refractivity contribution in [3.8, 4) is 0 Å². The molecule has 1 N–H and O–H groups in total. The van der Waals surface area contributed by atoms with Crippen molar-refractivity contribution in [1.82, 2.24) is 10.3 Å². The van der Waals surface area contributed by atoms with Gasteiger partial charge < -0.3 is 5.32 Å². The minimum atomic E-state index is 0.125. The van der Waals surface area contributed by atoms with Gasteiger partial charge in [-0.2, -0.15) is 5.10 Å². The molecule has 0 aromatic carbocycles. The summed E-state index contributed by atoms with van der Waals surface area (Å²) in [6, 6.07) is 0.125. The van der Waals surface area contributed by atoms with Crippen molar-refractivity contribution >= 4 is 12.6 Å². The summed E-state index contributed by atoms with van der Waals surface area (Å²) < 4.78 is 0. The number of likely N-dealkylation sites (N-methyl/N-ethyl adjacent to an activating group) is 1. The number of hydrogen-bond donors (Lipinski definition) is 1. The molecule has 0 spiro atoms. The summed E-state index contributed by atoms with van der Waals surface area (Å²) in [4.78, 5) is 10.0. The molecule has 1 unspecified atom stereocenters. The molecule has 1 aliphatic heterocycles. The molecule has 0 bridgehead atoms. The van der Waals surface area contributed by atoms with Crippen molar-refractivity contribution in [1.29, 1.82) is 0 Å². The van der Waals surface area contributed by atoms with E-state index in [2.05, 4.69) is 17.0 Å². The highest BCUT2D eigenvalue weighted by molar-refractivity contribution is 5.62. The van der Waals surface area contributed by atoms with Crippen molar-refractivity contribution in [2.24, 2.45) is 5.10 Å². The Kier molecular flexibility index (Phi) is 2.25. The highest BCUT2D eigenvalue weighted by atomic mass is 16.1. The van der Waals surface area contributed by atoms with Crippen LogP contribution in [0, 0.1) is 0 Å². The van der Waals surface area contributed by atoms with E-state index in [1.165, 1.54) is 0 Å². The fraction of sp³-hybridized carbons (Fsp3) is 0.429. The molecule has 1 rings (SSSR count). The average molecular weight is 153 g/mol. The summed E-state index contributed by atoms with van der Waals surface area (Å²) in [6.07, 6.45) is 3.26. The molecule has 0 fully saturated rings. The Morgan fingerprint density at radius 1 is 2.00 bits per heavy atom. The van der Waals surface area contributed by atoms with Crippen molar-refractivity contribution in [2.75, 3.05) is 7.05 Å². The zero-order valence-electron chi connectivity index (χ0n) is 6.45. The minimum Gasteiger partial charge on any atom is -0.331 e. The van der Waals surface area contributed by atoms with Gasteiger partial charge in [0.25, 0.3) is 0 Å². The largest absolute Gasteiger partial charge is 0.331 e. The van der Waals surface area contributed by atoms with Crippen LogP contribution in [0.2, 0.25) is 0 Å². The lowest BCUT2D eigenvalue weighted by Crippen LogP contribution is -2.30. The first kappa shape index (κ1) is 7.78. The SMILES string of the molecule is C=C(NC=O)C1CC=NN1C. The third-order valence-corrected chi connectivity index (χ3v) is 1.69. The predicted octanol–water partition coefficient (Wildman–Crippen LogP) is -0.0640. The molecular weight excluding hydrogens is 142 g/mol. The molecule has 4 heteroatoms. The summed E-state index contributed by atoms with van der Waals surface area (Å²) >= 11 is 0. The van der Waals surface area contributed by atoms with Crippen molar-refractivity contribution in [2.45, 2.75) is 12.5 Å². The normalized spacial score (nSPS) is 21.9. The standard InChI is InChI=1S/C7H11N3O/c1-6(8-5-11)7-3-4-9-10(7)2/h4-5,7H,1,3H2,2H3,(H,8,11). The minimum absolute atomic E-state index is 0.125. The lowest BCUT2D eigenvalue weighted by Gasteiger charge is -2.19. The van der Waals surface area contributed by atoms with Gasteiger partial charge in [-0.15, -0.1) is 0 Å². The van der Waals surface area contributed by atoms with Crippen LogP contribution in [0.25, 0.3) is 0 Å². The first-order valence-corrected chi connectivity index (χ1v) is 3.40. The molecule has 1 amide bonds. The van der Waals surface area contributed by atoms with Crippen LogP contribution in [-0.2, 0) is 4.79 Å². The van der Waals surface area contributed by atoms with E-state index in [0.717, 1.165) is 6.42 Å². The maximum absolute atomic E-state index is 10.0. The van der Waals surface area contributed by atoms with E-state index in [-0.39, 0.29) is 6.04 Å². The van der Waals surface area contributed by atoms with Gasteiger partial charge in [-0.25, -0.2) is 0 Å². The zero-order valence-corrected chi connectivity index (χ0v) is 6.45. The maximum Gasteiger partial charge on any atom is 0.211 e. The number of nitrogens with one attached hydrogen (secondary N) is 1. The average Bonchev–Trinajstić information content (AvgIpc) is 2.36. The van der Waals surface area contributed by atoms with Gasteiger partial charge in [-0.1, -0.05) is 6.58 Å². The molecule has 1 heterocycles. The number of hydrogen-bond acceptors (Lipinski definition) is 3. The second-order valence-electron chi connectivity index (χ2n) is 2.41. The van der Waals surface area contributed by atoms with Crippen molar-refractivity contribution in [3.05, 3.63) is 12.3 Å². The number of hydrazone groups is 1. The van der Waals surface area contributed by atoms with Crippen LogP contribution >= 0.6 is 0 Å². The van der Waals surface area contributed by atoms with Gasteiger partial charge in [0, 0.05) is 25.4 Å². The molecule has 4 nitrogen and oxygen atoms in total. The summed E-state index contributed by atoms with van der Waals surface area (Å²) in [7, 11) is 1.85. The topological polar surface area (TPSA) is 44.7 Å². The van der Waals surface area contributed by atoms with Crippen molar-refractivity contribution in [3.63, 3.8) is 0 Å². The summed E-state index contributed by atoms with van der Waals surface area (Å²) in [5, 5.41) is 8.31. The van der Waals surface area contributed by atoms with Gasteiger partial charge in [0.05, 0.1) is 6.04 Å². The molecule has 1 aliphatic rings. The van der Waals surface area contributed by atoms with Crippen LogP contribution in [0.4, 0.5) is 0 Å². The van der Waals surface area contributed by atoms with E-state index in [1.807, 2.05) is 13.3 Å². The molecule has 0 aromatic rings. The smallest absolute Gasteiger partial charge is 0.211 e. The van der Waals surface area contributed by atoms with Crippen LogP contribution in [0.5, 0.6) is 0 Å². The molecule has 0 aromatic heterocycles. The van der Waals surface area contributed by atoms with Crippen LogP contribution in [0.3, 0.4) is 0 Å². The van der Waals surface area contributed by atoms with Crippen LogP contribution in [0.1, 0.15) is 6.42 Å². The second-order valence-corrected chi connectivity index (χ2v) is 2.41. The summed E-state index contributed by atoms with van der Waals surface area (Å²) in [5.74, 6) is 0. The van der Waals surface area contributed by atoms with E-state index < -0.39 is 0 Å². The summed E-state index contributed by atoms with van der Waals surface area (Å²) in [5.41, 5.74) is 0.694. The van der Waals surface area contributed by atoms with E-state index in [9.17, 15) is 4.79 Å². The van der Waals surface area contributed by atoms with E-state index >= 15 is 0 Å². The first-order valence-electron chi connectivity index (χ1n) is 3.40. The fourth-order valence-corrected chi connectivity index (χ4v) is 1.05. The Labute approximate surface area is 65.6 Å². The van der Waals surface area contributed by atoms with Gasteiger partial charge in [0.2, 0.25) is 6.41 Å². The Balaban J connectivity index is 2.48. The van der Waals surface area contributed by atoms with Crippen LogP contribution in [-0.4, -0.2) is 30.7 Å². The summed E-state index contributed by atoms with van der Waals surface area (Å²) in [6.45, 7) is 3.71. The number of nitrogens with zero attached hydrogens (tertiary/aromatic N) is 2. The van der Waals surface area contributed by atoms with E-state index in [0.29, 0.717) is 12.1 Å². The Bertz CT molecular complexity index is 200. The molecule has 0 radical (unpaired) electrons.